The molecule has 0 amide bonds. The first-order valence-corrected chi connectivity index (χ1v) is 27.8. The summed E-state index contributed by atoms with van der Waals surface area (Å²) in [6.45, 7) is 4.79. The fourth-order valence-corrected chi connectivity index (χ4v) is 11.8. The summed E-state index contributed by atoms with van der Waals surface area (Å²) < 4.78 is 0. The minimum Gasteiger partial charge on any atom is -0.0622 e. The van der Waals surface area contributed by atoms with E-state index in [1.807, 2.05) is 0 Å². The van der Waals surface area contributed by atoms with Crippen molar-refractivity contribution in [1.29, 1.82) is 0 Å². The van der Waals surface area contributed by atoms with Gasteiger partial charge in [0, 0.05) is 10.8 Å². The zero-order valence-corrected chi connectivity index (χ0v) is 45.3. The molecule has 12 aromatic carbocycles. The molecule has 0 radical (unpaired) electrons. The maximum absolute atomic E-state index is 2.45. The first kappa shape index (κ1) is 50.9. The molecule has 0 heteroatoms. The van der Waals surface area contributed by atoms with Gasteiger partial charge in [0.1, 0.15) is 0 Å². The first-order chi connectivity index (χ1) is 39.4. The third-order valence-corrected chi connectivity index (χ3v) is 16.3. The predicted molar refractivity (Wildman–Crippen MR) is 339 cm³/mol. The molecule has 0 aliphatic rings. The quantitative estimate of drug-likeness (QED) is 0.0709. The molecule has 0 spiro atoms. The molecule has 0 bridgehead atoms. The molecule has 0 unspecified atom stereocenters. The third kappa shape index (κ3) is 10.4. The highest BCUT2D eigenvalue weighted by Crippen LogP contribution is 2.47. The van der Waals surface area contributed by atoms with Gasteiger partial charge in [-0.1, -0.05) is 315 Å². The molecule has 80 heavy (non-hydrogen) atoms. The van der Waals surface area contributed by atoms with E-state index in [-0.39, 0.29) is 0 Å². The summed E-state index contributed by atoms with van der Waals surface area (Å²) in [6.07, 6.45) is 4.67. The number of benzene rings is 12. The van der Waals surface area contributed by atoms with Crippen LogP contribution in [0, 0.1) is 0 Å². The van der Waals surface area contributed by atoms with Crippen LogP contribution in [-0.4, -0.2) is 0 Å². The van der Waals surface area contributed by atoms with Gasteiger partial charge in [-0.05, 0) is 149 Å². The first-order valence-electron chi connectivity index (χ1n) is 27.8. The average molecular weight is 1020 g/mol. The standard InChI is InChI=1S/C80H62/c1-79(69-35-19-7-20-36-69,70-37-21-8-22-38-70)77-57-60(56-76(64-31-15-5-16-32-64)65-33-17-6-18-34-65)45-53-73(77)67-50-48-61(49-51-67)68-52-54-74(78(58-68)80(2,71-39-23-9-24-40-71)72-41-25-10-26-42-72)66-46-43-59(44-47-66)55-75(62-27-11-3-12-28-62)63-29-13-4-14-30-63/h3-58H,1-2H3. The zero-order chi connectivity index (χ0) is 54.1. The Morgan fingerprint density at radius 2 is 0.500 bits per heavy atom. The fourth-order valence-electron chi connectivity index (χ4n) is 11.8. The summed E-state index contributed by atoms with van der Waals surface area (Å²) in [6, 6.07) is 119. The van der Waals surface area contributed by atoms with E-state index in [0.29, 0.717) is 0 Å². The van der Waals surface area contributed by atoms with Crippen molar-refractivity contribution in [2.75, 3.05) is 0 Å². The van der Waals surface area contributed by atoms with E-state index >= 15 is 0 Å². The lowest BCUT2D eigenvalue weighted by atomic mass is 9.68. The van der Waals surface area contributed by atoms with Crippen LogP contribution < -0.4 is 0 Å². The molecule has 0 saturated heterocycles. The van der Waals surface area contributed by atoms with E-state index in [1.165, 1.54) is 83.5 Å². The molecule has 0 N–H and O–H groups in total. The Balaban J connectivity index is 0.991. The van der Waals surface area contributed by atoms with Gasteiger partial charge in [0.2, 0.25) is 0 Å². The Bertz CT molecular complexity index is 3870. The molecule has 0 heterocycles. The molecule has 382 valence electrons. The van der Waals surface area contributed by atoms with Crippen molar-refractivity contribution in [3.63, 3.8) is 0 Å². The van der Waals surface area contributed by atoms with E-state index in [1.54, 1.807) is 0 Å². The van der Waals surface area contributed by atoms with Gasteiger partial charge in [-0.25, -0.2) is 0 Å². The van der Waals surface area contributed by atoms with Gasteiger partial charge in [0.25, 0.3) is 0 Å². The Morgan fingerprint density at radius 3 is 0.863 bits per heavy atom. The van der Waals surface area contributed by atoms with E-state index in [9.17, 15) is 0 Å². The highest BCUT2D eigenvalue weighted by Gasteiger charge is 2.35. The second-order valence-electron chi connectivity index (χ2n) is 21.1. The van der Waals surface area contributed by atoms with Crippen LogP contribution in [0.5, 0.6) is 0 Å². The summed E-state index contributed by atoms with van der Waals surface area (Å²) in [4.78, 5) is 0. The van der Waals surface area contributed by atoms with Crippen LogP contribution in [-0.2, 0) is 10.8 Å². The number of rotatable bonds is 15. The van der Waals surface area contributed by atoms with Crippen molar-refractivity contribution in [2.24, 2.45) is 0 Å². The zero-order valence-electron chi connectivity index (χ0n) is 45.3. The van der Waals surface area contributed by atoms with E-state index in [0.717, 1.165) is 27.8 Å². The molecule has 0 saturated carbocycles. The molecule has 0 nitrogen and oxygen atoms in total. The normalized spacial score (nSPS) is 11.4. The minimum atomic E-state index is -0.495. The van der Waals surface area contributed by atoms with Crippen LogP contribution in [0.3, 0.4) is 0 Å². The third-order valence-electron chi connectivity index (χ3n) is 16.3. The van der Waals surface area contributed by atoms with Crippen molar-refractivity contribution >= 4 is 23.3 Å². The lowest BCUT2D eigenvalue weighted by Gasteiger charge is -2.34. The Kier molecular flexibility index (Phi) is 14.6. The summed E-state index contributed by atoms with van der Waals surface area (Å²) in [7, 11) is 0. The molecule has 0 aliphatic carbocycles. The Labute approximate surface area is 473 Å². The topological polar surface area (TPSA) is 0 Å². The monoisotopic (exact) mass is 1020 g/mol. The largest absolute Gasteiger partial charge is 0.0622 e. The van der Waals surface area contributed by atoms with Gasteiger partial charge >= 0.3 is 0 Å². The van der Waals surface area contributed by atoms with Crippen LogP contribution in [0.15, 0.2) is 328 Å². The average Bonchev–Trinajstić information content (AvgIpc) is 3.61. The maximum atomic E-state index is 2.45. The van der Waals surface area contributed by atoms with Crippen molar-refractivity contribution in [2.45, 2.75) is 24.7 Å². The molecule has 12 aromatic rings. The highest BCUT2D eigenvalue weighted by atomic mass is 14.4. The van der Waals surface area contributed by atoms with Crippen LogP contribution in [0.25, 0.3) is 56.7 Å². The van der Waals surface area contributed by atoms with E-state index in [2.05, 4.69) is 354 Å². The molecule has 0 atom stereocenters. The minimum absolute atomic E-state index is 0.495. The van der Waals surface area contributed by atoms with E-state index in [4.69, 9.17) is 0 Å². The Hall–Kier alpha value is -9.88. The van der Waals surface area contributed by atoms with Crippen molar-refractivity contribution in [3.05, 3.63) is 394 Å². The van der Waals surface area contributed by atoms with Crippen LogP contribution in [0.2, 0.25) is 0 Å². The lowest BCUT2D eigenvalue weighted by molar-refractivity contribution is 0.694. The van der Waals surface area contributed by atoms with E-state index < -0.39 is 10.8 Å². The molecule has 0 aliphatic heterocycles. The second-order valence-corrected chi connectivity index (χ2v) is 21.1. The van der Waals surface area contributed by atoms with Gasteiger partial charge in [-0.2, -0.15) is 0 Å². The van der Waals surface area contributed by atoms with Crippen molar-refractivity contribution in [1.82, 2.24) is 0 Å². The number of hydrogen-bond acceptors (Lipinski definition) is 0. The van der Waals surface area contributed by atoms with Crippen LogP contribution in [0.4, 0.5) is 0 Å². The summed E-state index contributed by atoms with van der Waals surface area (Å²) in [5, 5.41) is 0. The van der Waals surface area contributed by atoms with Gasteiger partial charge in [-0.3, -0.25) is 0 Å². The molecular formula is C80H62. The highest BCUT2D eigenvalue weighted by molar-refractivity contribution is 5.93. The number of hydrogen-bond donors (Lipinski definition) is 0. The molecule has 0 aromatic heterocycles. The van der Waals surface area contributed by atoms with Crippen molar-refractivity contribution in [3.8, 4) is 33.4 Å². The summed E-state index contributed by atoms with van der Waals surface area (Å²) in [5.74, 6) is 0. The summed E-state index contributed by atoms with van der Waals surface area (Å²) >= 11 is 0. The smallest absolute Gasteiger partial charge is 0.0429 e. The van der Waals surface area contributed by atoms with Gasteiger partial charge in [0.15, 0.2) is 0 Å². The van der Waals surface area contributed by atoms with Gasteiger partial charge < -0.3 is 0 Å². The predicted octanol–water partition coefficient (Wildman–Crippen LogP) is 20.6. The van der Waals surface area contributed by atoms with Crippen LogP contribution >= 0.6 is 0 Å². The van der Waals surface area contributed by atoms with Crippen LogP contribution in [0.1, 0.15) is 80.6 Å². The SMILES string of the molecule is CC(c1ccccc1)(c1ccccc1)c1cc(C=C(c2ccccc2)c2ccccc2)ccc1-c1ccc(-c2ccc(-c3ccc(C=C(c4ccccc4)c4ccccc4)cc3)c(C(C)(c3ccccc3)c3ccccc3)c2)cc1. The second kappa shape index (κ2) is 23.0. The summed E-state index contributed by atoms with van der Waals surface area (Å²) in [5.41, 5.74) is 22.9. The van der Waals surface area contributed by atoms with Gasteiger partial charge in [0.05, 0.1) is 0 Å². The molecule has 12 rings (SSSR count). The molecular weight excluding hydrogens is 961 g/mol. The lowest BCUT2D eigenvalue weighted by Crippen LogP contribution is -2.26. The maximum Gasteiger partial charge on any atom is 0.0429 e. The Morgan fingerprint density at radius 1 is 0.237 bits per heavy atom. The molecule has 0 fully saturated rings. The van der Waals surface area contributed by atoms with Crippen molar-refractivity contribution < 1.29 is 0 Å². The fraction of sp³-hybridized carbons (Fsp3) is 0.0500. The van der Waals surface area contributed by atoms with Gasteiger partial charge in [-0.15, -0.1) is 0 Å².